The fraction of sp³-hybridized carbons (Fsp3) is 0.529. The van der Waals surface area contributed by atoms with Crippen molar-refractivity contribution in [2.45, 2.75) is 31.8 Å². The highest BCUT2D eigenvalue weighted by atomic mass is 16.5. The molecule has 2 heterocycles. The Kier molecular flexibility index (Phi) is 4.89. The third-order valence-corrected chi connectivity index (χ3v) is 4.55. The Morgan fingerprint density at radius 1 is 1.38 bits per heavy atom. The van der Waals surface area contributed by atoms with Crippen LogP contribution in [0.3, 0.4) is 0 Å². The van der Waals surface area contributed by atoms with Crippen molar-refractivity contribution in [2.24, 2.45) is 0 Å². The summed E-state index contributed by atoms with van der Waals surface area (Å²) >= 11 is 0. The van der Waals surface area contributed by atoms with Crippen LogP contribution in [0.15, 0.2) is 18.2 Å². The maximum atomic E-state index is 12.6. The summed E-state index contributed by atoms with van der Waals surface area (Å²) in [5.41, 5.74) is 1.16. The lowest BCUT2D eigenvalue weighted by molar-refractivity contribution is 0.0925. The van der Waals surface area contributed by atoms with E-state index in [2.05, 4.69) is 22.9 Å². The van der Waals surface area contributed by atoms with E-state index in [1.807, 2.05) is 0 Å². The van der Waals surface area contributed by atoms with E-state index in [-0.39, 0.29) is 18.0 Å². The number of hydrogen-bond acceptors (Lipinski definition) is 4. The normalized spacial score (nSPS) is 23.8. The molecule has 130 valence electrons. The fourth-order valence-electron chi connectivity index (χ4n) is 3.28. The summed E-state index contributed by atoms with van der Waals surface area (Å²) in [6.07, 6.45) is 1.84. The number of methoxy groups -OCH3 is 1. The molecular formula is C17H24N4O3. The van der Waals surface area contributed by atoms with E-state index in [0.29, 0.717) is 36.1 Å². The quantitative estimate of drug-likeness (QED) is 0.771. The summed E-state index contributed by atoms with van der Waals surface area (Å²) in [6, 6.07) is 5.61. The number of carbonyl (C=O) groups is 2. The van der Waals surface area contributed by atoms with Gasteiger partial charge in [-0.05, 0) is 44.5 Å². The van der Waals surface area contributed by atoms with Crippen LogP contribution >= 0.6 is 0 Å². The molecule has 3 amide bonds. The SMILES string of the molecule is COc1ccc(C(=O)NC2CCNC(C)C2)cc1N1CCNC1=O. The van der Waals surface area contributed by atoms with Crippen molar-refractivity contribution in [2.75, 3.05) is 31.6 Å². The Hall–Kier alpha value is -2.28. The van der Waals surface area contributed by atoms with Gasteiger partial charge in [0.25, 0.3) is 5.91 Å². The highest BCUT2D eigenvalue weighted by molar-refractivity contribution is 6.00. The Labute approximate surface area is 141 Å². The van der Waals surface area contributed by atoms with Gasteiger partial charge in [-0.25, -0.2) is 4.79 Å². The average molecular weight is 332 g/mol. The second-order valence-electron chi connectivity index (χ2n) is 6.32. The van der Waals surface area contributed by atoms with Crippen molar-refractivity contribution in [1.29, 1.82) is 0 Å². The van der Waals surface area contributed by atoms with Crippen molar-refractivity contribution in [1.82, 2.24) is 16.0 Å². The summed E-state index contributed by atoms with van der Waals surface area (Å²) in [6.45, 7) is 4.18. The minimum Gasteiger partial charge on any atom is -0.495 e. The van der Waals surface area contributed by atoms with Gasteiger partial charge in [0.05, 0.1) is 12.8 Å². The lowest BCUT2D eigenvalue weighted by Crippen LogP contribution is -2.46. The Balaban J connectivity index is 1.77. The molecule has 7 heteroatoms. The number of nitrogens with one attached hydrogen (secondary N) is 3. The van der Waals surface area contributed by atoms with Crippen LogP contribution in [-0.4, -0.2) is 50.8 Å². The van der Waals surface area contributed by atoms with E-state index in [9.17, 15) is 9.59 Å². The molecule has 2 atom stereocenters. The molecule has 2 fully saturated rings. The summed E-state index contributed by atoms with van der Waals surface area (Å²) < 4.78 is 5.34. The molecule has 1 aromatic carbocycles. The second kappa shape index (κ2) is 7.09. The highest BCUT2D eigenvalue weighted by Crippen LogP contribution is 2.30. The molecule has 0 aromatic heterocycles. The van der Waals surface area contributed by atoms with Gasteiger partial charge in [0.1, 0.15) is 5.75 Å². The lowest BCUT2D eigenvalue weighted by Gasteiger charge is -2.28. The lowest BCUT2D eigenvalue weighted by atomic mass is 10.00. The molecule has 3 rings (SSSR count). The number of piperidine rings is 1. The molecule has 2 saturated heterocycles. The molecule has 24 heavy (non-hydrogen) atoms. The Morgan fingerprint density at radius 3 is 2.88 bits per heavy atom. The number of carbonyl (C=O) groups excluding carboxylic acids is 2. The minimum absolute atomic E-state index is 0.113. The van der Waals surface area contributed by atoms with E-state index in [0.717, 1.165) is 19.4 Å². The number of urea groups is 1. The molecule has 0 spiro atoms. The van der Waals surface area contributed by atoms with Gasteiger partial charge in [0.15, 0.2) is 0 Å². The van der Waals surface area contributed by atoms with Gasteiger partial charge < -0.3 is 20.7 Å². The van der Waals surface area contributed by atoms with Crippen LogP contribution in [0.1, 0.15) is 30.1 Å². The fourth-order valence-corrected chi connectivity index (χ4v) is 3.28. The molecule has 2 aliphatic heterocycles. The zero-order valence-corrected chi connectivity index (χ0v) is 14.1. The Bertz CT molecular complexity index is 634. The van der Waals surface area contributed by atoms with Gasteiger partial charge in [0, 0.05) is 30.7 Å². The van der Waals surface area contributed by atoms with Crippen LogP contribution in [0, 0.1) is 0 Å². The Morgan fingerprint density at radius 2 is 2.21 bits per heavy atom. The van der Waals surface area contributed by atoms with Crippen molar-refractivity contribution >= 4 is 17.6 Å². The first-order valence-corrected chi connectivity index (χ1v) is 8.36. The largest absolute Gasteiger partial charge is 0.495 e. The molecule has 7 nitrogen and oxygen atoms in total. The minimum atomic E-state index is -0.168. The van der Waals surface area contributed by atoms with Crippen molar-refractivity contribution in [3.8, 4) is 5.75 Å². The third kappa shape index (κ3) is 3.46. The molecule has 3 N–H and O–H groups in total. The highest BCUT2D eigenvalue weighted by Gasteiger charge is 2.26. The summed E-state index contributed by atoms with van der Waals surface area (Å²) in [7, 11) is 1.56. The molecule has 0 bridgehead atoms. The molecule has 1 aromatic rings. The van der Waals surface area contributed by atoms with E-state index in [1.54, 1.807) is 30.2 Å². The molecule has 0 radical (unpaired) electrons. The number of nitrogens with zero attached hydrogens (tertiary/aromatic N) is 1. The van der Waals surface area contributed by atoms with Gasteiger partial charge in [0.2, 0.25) is 0 Å². The predicted octanol–water partition coefficient (Wildman–Crippen LogP) is 1.10. The van der Waals surface area contributed by atoms with Crippen LogP contribution in [-0.2, 0) is 0 Å². The maximum Gasteiger partial charge on any atom is 0.322 e. The average Bonchev–Trinajstić information content (AvgIpc) is 3.00. The van der Waals surface area contributed by atoms with E-state index < -0.39 is 0 Å². The van der Waals surface area contributed by atoms with E-state index >= 15 is 0 Å². The number of benzene rings is 1. The smallest absolute Gasteiger partial charge is 0.322 e. The number of rotatable bonds is 4. The second-order valence-corrected chi connectivity index (χ2v) is 6.32. The topological polar surface area (TPSA) is 82.7 Å². The summed E-state index contributed by atoms with van der Waals surface area (Å²) in [5.74, 6) is 0.469. The van der Waals surface area contributed by atoms with Crippen molar-refractivity contribution in [3.05, 3.63) is 23.8 Å². The standard InChI is InChI=1S/C17H24N4O3/c1-11-9-13(5-6-18-11)20-16(22)12-3-4-15(24-2)14(10-12)21-8-7-19-17(21)23/h3-4,10-11,13,18H,5-9H2,1-2H3,(H,19,23)(H,20,22). The van der Waals surface area contributed by atoms with Gasteiger partial charge in [-0.1, -0.05) is 0 Å². The summed E-state index contributed by atoms with van der Waals surface area (Å²) in [4.78, 5) is 26.1. The molecule has 2 unspecified atom stereocenters. The molecule has 0 aliphatic carbocycles. The number of amides is 3. The van der Waals surface area contributed by atoms with Gasteiger partial charge >= 0.3 is 6.03 Å². The summed E-state index contributed by atoms with van der Waals surface area (Å²) in [5, 5.41) is 9.23. The zero-order valence-electron chi connectivity index (χ0n) is 14.1. The van der Waals surface area contributed by atoms with E-state index in [4.69, 9.17) is 4.74 Å². The number of hydrogen-bond donors (Lipinski definition) is 3. The monoisotopic (exact) mass is 332 g/mol. The van der Waals surface area contributed by atoms with Crippen LogP contribution < -0.4 is 25.6 Å². The third-order valence-electron chi connectivity index (χ3n) is 4.55. The van der Waals surface area contributed by atoms with E-state index in [1.165, 1.54) is 0 Å². The molecule has 2 aliphatic rings. The number of ether oxygens (including phenoxy) is 1. The van der Waals surface area contributed by atoms with Crippen LogP contribution in [0.2, 0.25) is 0 Å². The van der Waals surface area contributed by atoms with Gasteiger partial charge in [-0.3, -0.25) is 9.69 Å². The predicted molar refractivity (Wildman–Crippen MR) is 91.7 cm³/mol. The molecular weight excluding hydrogens is 308 g/mol. The van der Waals surface area contributed by atoms with Crippen LogP contribution in [0.25, 0.3) is 0 Å². The van der Waals surface area contributed by atoms with Crippen LogP contribution in [0.5, 0.6) is 5.75 Å². The van der Waals surface area contributed by atoms with Gasteiger partial charge in [-0.2, -0.15) is 0 Å². The zero-order chi connectivity index (χ0) is 17.1. The maximum absolute atomic E-state index is 12.6. The molecule has 0 saturated carbocycles. The number of anilines is 1. The first-order chi connectivity index (χ1) is 11.6. The van der Waals surface area contributed by atoms with Crippen molar-refractivity contribution < 1.29 is 14.3 Å². The van der Waals surface area contributed by atoms with Crippen molar-refractivity contribution in [3.63, 3.8) is 0 Å². The first-order valence-electron chi connectivity index (χ1n) is 8.36. The van der Waals surface area contributed by atoms with Gasteiger partial charge in [-0.15, -0.1) is 0 Å². The van der Waals surface area contributed by atoms with Crippen LogP contribution in [0.4, 0.5) is 10.5 Å². The first kappa shape index (κ1) is 16.6.